The summed E-state index contributed by atoms with van der Waals surface area (Å²) in [6.45, 7) is 7.83. The Morgan fingerprint density at radius 3 is 2.50 bits per heavy atom. The van der Waals surface area contributed by atoms with Crippen LogP contribution in [0.5, 0.6) is 0 Å². The Morgan fingerprint density at radius 2 is 1.88 bits per heavy atom. The molecule has 0 spiro atoms. The lowest BCUT2D eigenvalue weighted by Gasteiger charge is -2.21. The van der Waals surface area contributed by atoms with Crippen LogP contribution in [0.1, 0.15) is 38.3 Å². The lowest BCUT2D eigenvalue weighted by Crippen LogP contribution is -2.44. The minimum absolute atomic E-state index is 0.0755. The van der Waals surface area contributed by atoms with Crippen molar-refractivity contribution in [2.45, 2.75) is 51.5 Å². The molecule has 2 N–H and O–H groups in total. The van der Waals surface area contributed by atoms with Gasteiger partial charge in [0.2, 0.25) is 21.8 Å². The van der Waals surface area contributed by atoms with Crippen molar-refractivity contribution < 1.29 is 18.0 Å². The molecule has 2 aromatic rings. The molecule has 32 heavy (non-hydrogen) atoms. The van der Waals surface area contributed by atoms with Crippen LogP contribution < -0.4 is 14.9 Å². The third-order valence-electron chi connectivity index (χ3n) is 5.34. The summed E-state index contributed by atoms with van der Waals surface area (Å²) in [7, 11) is -3.94. The highest BCUT2D eigenvalue weighted by Gasteiger charge is 2.29. The molecule has 0 saturated heterocycles. The van der Waals surface area contributed by atoms with Gasteiger partial charge in [-0.1, -0.05) is 19.9 Å². The van der Waals surface area contributed by atoms with Gasteiger partial charge in [-0.15, -0.1) is 0 Å². The Balaban J connectivity index is 1.83. The van der Waals surface area contributed by atoms with Gasteiger partial charge in [0.25, 0.3) is 0 Å². The number of fused-ring (bicyclic) bond motifs is 1. The monoisotopic (exact) mass is 521 g/mol. The zero-order valence-corrected chi connectivity index (χ0v) is 21.0. The molecule has 0 aromatic heterocycles. The highest BCUT2D eigenvalue weighted by Crippen LogP contribution is 2.30. The summed E-state index contributed by atoms with van der Waals surface area (Å²) < 4.78 is 29.6. The van der Waals surface area contributed by atoms with E-state index in [9.17, 15) is 18.0 Å². The fourth-order valence-electron chi connectivity index (χ4n) is 3.75. The lowest BCUT2D eigenvalue weighted by molar-refractivity contribution is -0.118. The number of nitrogens with zero attached hydrogens (tertiary/aromatic N) is 1. The molecule has 172 valence electrons. The molecule has 2 aromatic carbocycles. The van der Waals surface area contributed by atoms with Crippen molar-refractivity contribution in [3.8, 4) is 0 Å². The quantitative estimate of drug-likeness (QED) is 0.575. The van der Waals surface area contributed by atoms with Crippen molar-refractivity contribution in [2.75, 3.05) is 16.8 Å². The van der Waals surface area contributed by atoms with Gasteiger partial charge in [0.15, 0.2) is 0 Å². The maximum Gasteiger partial charge on any atom is 0.242 e. The van der Waals surface area contributed by atoms with Crippen molar-refractivity contribution in [3.63, 3.8) is 0 Å². The number of benzene rings is 2. The predicted molar refractivity (Wildman–Crippen MR) is 129 cm³/mol. The van der Waals surface area contributed by atoms with E-state index in [1.807, 2.05) is 32.9 Å². The highest BCUT2D eigenvalue weighted by atomic mass is 79.9. The van der Waals surface area contributed by atoms with E-state index in [1.54, 1.807) is 23.1 Å². The second-order valence-corrected chi connectivity index (χ2v) is 11.1. The Kier molecular flexibility index (Phi) is 7.42. The number of nitrogens with one attached hydrogen (secondary N) is 2. The number of hydrogen-bond donors (Lipinski definition) is 2. The maximum absolute atomic E-state index is 13.1. The van der Waals surface area contributed by atoms with Gasteiger partial charge in [-0.3, -0.25) is 9.59 Å². The Labute approximate surface area is 197 Å². The van der Waals surface area contributed by atoms with Crippen LogP contribution in [0.4, 0.5) is 11.4 Å². The van der Waals surface area contributed by atoms with E-state index >= 15 is 0 Å². The zero-order valence-electron chi connectivity index (χ0n) is 18.6. The molecule has 0 aliphatic carbocycles. The third-order valence-corrected chi connectivity index (χ3v) is 7.47. The van der Waals surface area contributed by atoms with Gasteiger partial charge >= 0.3 is 0 Å². The highest BCUT2D eigenvalue weighted by molar-refractivity contribution is 9.10. The van der Waals surface area contributed by atoms with Gasteiger partial charge in [0, 0.05) is 23.6 Å². The number of amides is 2. The average Bonchev–Trinajstić information content (AvgIpc) is 3.12. The molecule has 7 nitrogen and oxygen atoms in total. The van der Waals surface area contributed by atoms with Crippen molar-refractivity contribution >= 4 is 49.1 Å². The van der Waals surface area contributed by atoms with Crippen LogP contribution in [0, 0.1) is 12.8 Å². The number of aryl methyl sites for hydroxylation is 1. The molecule has 0 bridgehead atoms. The van der Waals surface area contributed by atoms with Gasteiger partial charge in [0.1, 0.15) is 6.04 Å². The van der Waals surface area contributed by atoms with Crippen LogP contribution in [0.3, 0.4) is 0 Å². The van der Waals surface area contributed by atoms with Gasteiger partial charge in [-0.25, -0.2) is 8.42 Å². The summed E-state index contributed by atoms with van der Waals surface area (Å²) in [6, 6.07) is 9.31. The topological polar surface area (TPSA) is 95.6 Å². The first-order chi connectivity index (χ1) is 15.0. The first kappa shape index (κ1) is 24.4. The van der Waals surface area contributed by atoms with Crippen LogP contribution in [0.2, 0.25) is 0 Å². The van der Waals surface area contributed by atoms with Crippen molar-refractivity contribution in [1.82, 2.24) is 4.72 Å². The number of anilines is 2. The molecule has 3 rings (SSSR count). The normalized spacial score (nSPS) is 14.4. The van der Waals surface area contributed by atoms with Crippen molar-refractivity contribution in [1.29, 1.82) is 0 Å². The molecule has 2 amide bonds. The van der Waals surface area contributed by atoms with E-state index in [0.717, 1.165) is 21.3 Å². The molecular weight excluding hydrogens is 494 g/mol. The fourth-order valence-corrected chi connectivity index (χ4v) is 5.60. The van der Waals surface area contributed by atoms with Crippen LogP contribution in [0.25, 0.3) is 0 Å². The van der Waals surface area contributed by atoms with Crippen LogP contribution in [-0.4, -0.2) is 32.8 Å². The molecule has 1 atom stereocenters. The molecule has 1 aliphatic heterocycles. The van der Waals surface area contributed by atoms with Crippen molar-refractivity contribution in [2.24, 2.45) is 5.92 Å². The number of halogens is 1. The molecule has 9 heteroatoms. The van der Waals surface area contributed by atoms with Crippen LogP contribution in [-0.2, 0) is 26.0 Å². The third kappa shape index (κ3) is 5.57. The first-order valence-corrected chi connectivity index (χ1v) is 12.8. The molecule has 0 unspecified atom stereocenters. The predicted octanol–water partition coefficient (Wildman–Crippen LogP) is 4.00. The average molecular weight is 522 g/mol. The SMILES string of the molecule is CC(=O)N1CCc2cc(S(=O)(=O)N[C@@H](CC(C)C)C(=O)Nc3ccc(C)cc3Br)ccc21. The Hall–Kier alpha value is -2.23. The number of hydrogen-bond acceptors (Lipinski definition) is 4. The van der Waals surface area contributed by atoms with Gasteiger partial charge < -0.3 is 10.2 Å². The van der Waals surface area contributed by atoms with E-state index in [1.165, 1.54) is 13.0 Å². The van der Waals surface area contributed by atoms with Gasteiger partial charge in [0.05, 0.1) is 10.6 Å². The second-order valence-electron chi connectivity index (χ2n) is 8.49. The summed E-state index contributed by atoms with van der Waals surface area (Å²) in [5, 5.41) is 2.82. The summed E-state index contributed by atoms with van der Waals surface area (Å²) >= 11 is 3.44. The van der Waals surface area contributed by atoms with E-state index in [2.05, 4.69) is 26.0 Å². The van der Waals surface area contributed by atoms with Crippen LogP contribution >= 0.6 is 15.9 Å². The summed E-state index contributed by atoms with van der Waals surface area (Å²) in [4.78, 5) is 26.5. The van der Waals surface area contributed by atoms with Crippen LogP contribution in [0.15, 0.2) is 45.8 Å². The number of sulfonamides is 1. The lowest BCUT2D eigenvalue weighted by atomic mass is 10.0. The molecule has 0 fully saturated rings. The first-order valence-electron chi connectivity index (χ1n) is 10.5. The molecule has 1 aliphatic rings. The van der Waals surface area contributed by atoms with E-state index in [0.29, 0.717) is 25.1 Å². The molecular formula is C23H28BrN3O4S. The number of carbonyl (C=O) groups is 2. The minimum Gasteiger partial charge on any atom is -0.324 e. The Morgan fingerprint density at radius 1 is 1.16 bits per heavy atom. The number of rotatable bonds is 7. The smallest absolute Gasteiger partial charge is 0.242 e. The largest absolute Gasteiger partial charge is 0.324 e. The minimum atomic E-state index is -3.94. The fraction of sp³-hybridized carbons (Fsp3) is 0.391. The second kappa shape index (κ2) is 9.72. The molecule has 0 saturated carbocycles. The zero-order chi connectivity index (χ0) is 23.6. The molecule has 1 heterocycles. The van der Waals surface area contributed by atoms with E-state index in [4.69, 9.17) is 0 Å². The standard InChI is InChI=1S/C23H28BrN3O4S/c1-14(2)11-21(23(29)25-20-7-5-15(3)12-19(20)24)26-32(30,31)18-6-8-22-17(13-18)9-10-27(22)16(4)28/h5-8,12-14,21,26H,9-11H2,1-4H3,(H,25,29)/t21-/m0/s1. The van der Waals surface area contributed by atoms with Gasteiger partial charge in [-0.05, 0) is 83.1 Å². The maximum atomic E-state index is 13.1. The van der Waals surface area contributed by atoms with E-state index < -0.39 is 22.0 Å². The number of carbonyl (C=O) groups excluding carboxylic acids is 2. The summed E-state index contributed by atoms with van der Waals surface area (Å²) in [5.41, 5.74) is 3.15. The van der Waals surface area contributed by atoms with E-state index in [-0.39, 0.29) is 16.7 Å². The molecule has 0 radical (unpaired) electrons. The summed E-state index contributed by atoms with van der Waals surface area (Å²) in [5.74, 6) is -0.400. The Bertz CT molecular complexity index is 1150. The summed E-state index contributed by atoms with van der Waals surface area (Å²) in [6.07, 6.45) is 0.938. The van der Waals surface area contributed by atoms with Crippen molar-refractivity contribution in [3.05, 3.63) is 52.0 Å². The van der Waals surface area contributed by atoms with Gasteiger partial charge in [-0.2, -0.15) is 4.72 Å².